The van der Waals surface area contributed by atoms with E-state index in [9.17, 15) is 0 Å². The largest absolute Gasteiger partial charge is 0.307 e. The number of nitrogens with zero attached hydrogens (tertiary/aromatic N) is 2. The number of hydrogen-bond donors (Lipinski definition) is 0. The third-order valence-corrected chi connectivity index (χ3v) is 8.80. The summed E-state index contributed by atoms with van der Waals surface area (Å²) in [6.07, 6.45) is 4.42. The van der Waals surface area contributed by atoms with Gasteiger partial charge in [-0.2, -0.15) is 0 Å². The Kier molecular flexibility index (Phi) is 5.12. The van der Waals surface area contributed by atoms with E-state index in [4.69, 9.17) is 0 Å². The second-order valence-electron chi connectivity index (χ2n) is 13.5. The molecule has 2 nitrogen and oxygen atoms in total. The summed E-state index contributed by atoms with van der Waals surface area (Å²) in [4.78, 5) is 0. The minimum Gasteiger partial charge on any atom is -0.307 e. The summed E-state index contributed by atoms with van der Waals surface area (Å²) in [6.45, 7) is 16.3. The fourth-order valence-electron chi connectivity index (χ4n) is 7.38. The predicted molar refractivity (Wildman–Crippen MR) is 168 cm³/mol. The summed E-state index contributed by atoms with van der Waals surface area (Å²) in [5.74, 6) is 0.595. The van der Waals surface area contributed by atoms with E-state index in [2.05, 4.69) is 125 Å². The Morgan fingerprint density at radius 2 is 1.56 bits per heavy atom. The van der Waals surface area contributed by atoms with Gasteiger partial charge in [-0.05, 0) is 88.6 Å². The van der Waals surface area contributed by atoms with Crippen molar-refractivity contribution < 1.29 is 4.57 Å². The van der Waals surface area contributed by atoms with Crippen LogP contribution in [-0.4, -0.2) is 4.40 Å². The minimum absolute atomic E-state index is 0.255. The van der Waals surface area contributed by atoms with E-state index in [0.29, 0.717) is 5.92 Å². The minimum atomic E-state index is 0.255. The van der Waals surface area contributed by atoms with Gasteiger partial charge in [-0.25, -0.2) is 4.57 Å². The van der Waals surface area contributed by atoms with Gasteiger partial charge >= 0.3 is 0 Å². The number of fused-ring (bicyclic) bond motifs is 7. The highest BCUT2D eigenvalue weighted by Crippen LogP contribution is 2.45. The molecular formula is C37H39N2+. The van der Waals surface area contributed by atoms with Crippen LogP contribution >= 0.6 is 0 Å². The molecule has 3 aromatic heterocycles. The molecule has 0 atom stereocenters. The Bertz CT molecular complexity index is 2100. The molecule has 0 amide bonds. The molecule has 0 spiro atoms. The number of aromatic nitrogens is 2. The number of rotatable bonds is 3. The second-order valence-corrected chi connectivity index (χ2v) is 13.5. The molecule has 2 heteroatoms. The van der Waals surface area contributed by atoms with E-state index in [-0.39, 0.29) is 5.41 Å². The third kappa shape index (κ3) is 3.43. The van der Waals surface area contributed by atoms with Crippen molar-refractivity contribution in [2.45, 2.75) is 61.3 Å². The second kappa shape index (κ2) is 8.18. The maximum absolute atomic E-state index is 2.62. The summed E-state index contributed by atoms with van der Waals surface area (Å²) in [7, 11) is 2.22. The van der Waals surface area contributed by atoms with E-state index in [0.717, 1.165) is 12.8 Å². The van der Waals surface area contributed by atoms with Gasteiger partial charge in [-0.1, -0.05) is 71.0 Å². The molecule has 0 unspecified atom stereocenters. The van der Waals surface area contributed by atoms with Gasteiger partial charge in [0.25, 0.3) is 0 Å². The number of hydrogen-bond acceptors (Lipinski definition) is 0. The van der Waals surface area contributed by atoms with E-state index in [1.807, 2.05) is 0 Å². The van der Waals surface area contributed by atoms with Crippen LogP contribution in [0.5, 0.6) is 0 Å². The lowest BCUT2D eigenvalue weighted by atomic mass is 9.86. The first kappa shape index (κ1) is 24.4. The summed E-state index contributed by atoms with van der Waals surface area (Å²) in [5, 5.41) is 9.67. The highest BCUT2D eigenvalue weighted by molar-refractivity contribution is 6.29. The zero-order valence-corrected chi connectivity index (χ0v) is 24.7. The standard InChI is InChI=1S/C37H39N2/c1-21(2)17-26-19-25-15-16-38(8)35-31-22(3)29-18-24(20-37(5,6)7)13-14-27(29)23(4)34(31)39-30-12-10-9-11-28(30)32(26)36(39)33(25)35/h9-16,18-19,21H,17,20H2,1-8H3/q+1. The van der Waals surface area contributed by atoms with Crippen molar-refractivity contribution in [2.75, 3.05) is 0 Å². The van der Waals surface area contributed by atoms with E-state index in [1.165, 1.54) is 82.0 Å². The first-order chi connectivity index (χ1) is 18.5. The number of pyridine rings is 2. The monoisotopic (exact) mass is 511 g/mol. The topological polar surface area (TPSA) is 8.29 Å². The van der Waals surface area contributed by atoms with E-state index in [1.54, 1.807) is 0 Å². The molecular weight excluding hydrogens is 472 g/mol. The molecule has 0 aliphatic carbocycles. The quantitative estimate of drug-likeness (QED) is 0.127. The van der Waals surface area contributed by atoms with Crippen molar-refractivity contribution in [3.63, 3.8) is 0 Å². The number of benzene rings is 4. The summed E-state index contributed by atoms with van der Waals surface area (Å²) in [6, 6.07) is 21.1. The Hall–Kier alpha value is -3.65. The summed E-state index contributed by atoms with van der Waals surface area (Å²) in [5.41, 5.74) is 11.3. The maximum Gasteiger partial charge on any atom is 0.224 e. The van der Waals surface area contributed by atoms with Gasteiger partial charge in [0.2, 0.25) is 5.52 Å². The fourth-order valence-corrected chi connectivity index (χ4v) is 7.38. The summed E-state index contributed by atoms with van der Waals surface area (Å²) < 4.78 is 4.98. The van der Waals surface area contributed by atoms with Gasteiger partial charge in [0.1, 0.15) is 7.05 Å². The van der Waals surface area contributed by atoms with Gasteiger partial charge in [0.15, 0.2) is 6.20 Å². The van der Waals surface area contributed by atoms with Crippen LogP contribution in [0.1, 0.15) is 56.9 Å². The molecule has 0 radical (unpaired) electrons. The summed E-state index contributed by atoms with van der Waals surface area (Å²) >= 11 is 0. The van der Waals surface area contributed by atoms with Crippen LogP contribution in [0.2, 0.25) is 0 Å². The Labute approximate surface area is 231 Å². The lowest BCUT2D eigenvalue weighted by molar-refractivity contribution is -0.643. The van der Waals surface area contributed by atoms with Crippen LogP contribution in [0.3, 0.4) is 0 Å². The van der Waals surface area contributed by atoms with Crippen LogP contribution in [0.15, 0.2) is 60.8 Å². The zero-order valence-electron chi connectivity index (χ0n) is 24.7. The fraction of sp³-hybridized carbons (Fsp3) is 0.324. The molecule has 0 saturated carbocycles. The molecule has 4 aromatic carbocycles. The highest BCUT2D eigenvalue weighted by atomic mass is 15.0. The van der Waals surface area contributed by atoms with Crippen LogP contribution in [0.25, 0.3) is 59.8 Å². The lowest BCUT2D eigenvalue weighted by Gasteiger charge is -2.21. The SMILES string of the molecule is Cc1c2cc(CC(C)(C)C)ccc2c(C)c2c1c1c3c(cc[n+]1C)cc(CC(C)C)c1c4ccccc4n2c13. The average molecular weight is 512 g/mol. The van der Waals surface area contributed by atoms with Crippen molar-refractivity contribution in [3.05, 3.63) is 83.0 Å². The normalized spacial score (nSPS) is 13.1. The van der Waals surface area contributed by atoms with Crippen molar-refractivity contribution in [1.29, 1.82) is 0 Å². The van der Waals surface area contributed by atoms with Gasteiger partial charge in [0.05, 0.1) is 27.3 Å². The Morgan fingerprint density at radius 3 is 2.31 bits per heavy atom. The average Bonchev–Trinajstić information content (AvgIpc) is 3.22. The number of aryl methyl sites for hydroxylation is 3. The molecule has 7 rings (SSSR count). The van der Waals surface area contributed by atoms with Crippen LogP contribution in [-0.2, 0) is 19.9 Å². The highest BCUT2D eigenvalue weighted by Gasteiger charge is 2.28. The van der Waals surface area contributed by atoms with Crippen molar-refractivity contribution in [2.24, 2.45) is 18.4 Å². The zero-order chi connectivity index (χ0) is 27.4. The maximum atomic E-state index is 2.62. The molecule has 7 aromatic rings. The first-order valence-corrected chi connectivity index (χ1v) is 14.5. The molecule has 0 fully saturated rings. The smallest absolute Gasteiger partial charge is 0.224 e. The van der Waals surface area contributed by atoms with Gasteiger partial charge in [0, 0.05) is 16.8 Å². The molecule has 0 saturated heterocycles. The van der Waals surface area contributed by atoms with E-state index >= 15 is 0 Å². The van der Waals surface area contributed by atoms with Crippen molar-refractivity contribution in [3.8, 4) is 0 Å². The number of para-hydroxylation sites is 1. The third-order valence-electron chi connectivity index (χ3n) is 8.80. The van der Waals surface area contributed by atoms with Gasteiger partial charge in [-0.15, -0.1) is 0 Å². The van der Waals surface area contributed by atoms with Crippen LogP contribution in [0, 0.1) is 25.2 Å². The molecule has 196 valence electrons. The van der Waals surface area contributed by atoms with Crippen molar-refractivity contribution >= 4 is 59.8 Å². The lowest BCUT2D eigenvalue weighted by Crippen LogP contribution is -2.29. The molecule has 39 heavy (non-hydrogen) atoms. The predicted octanol–water partition coefficient (Wildman–Crippen LogP) is 9.37. The van der Waals surface area contributed by atoms with Gasteiger partial charge in [-0.3, -0.25) is 0 Å². The van der Waals surface area contributed by atoms with Gasteiger partial charge < -0.3 is 4.40 Å². The van der Waals surface area contributed by atoms with Crippen LogP contribution in [0.4, 0.5) is 0 Å². The molecule has 0 bridgehead atoms. The molecule has 0 aliphatic rings. The molecule has 3 heterocycles. The molecule has 0 aliphatic heterocycles. The Morgan fingerprint density at radius 1 is 0.795 bits per heavy atom. The van der Waals surface area contributed by atoms with E-state index < -0.39 is 0 Å². The first-order valence-electron chi connectivity index (χ1n) is 14.5. The van der Waals surface area contributed by atoms with Crippen LogP contribution < -0.4 is 4.57 Å². The van der Waals surface area contributed by atoms with Crippen molar-refractivity contribution in [1.82, 2.24) is 4.40 Å². The molecule has 0 N–H and O–H groups in total. The Balaban J connectivity index is 1.79.